The molecule has 1 aliphatic rings. The van der Waals surface area contributed by atoms with Crippen molar-refractivity contribution in [2.24, 2.45) is 0 Å². The van der Waals surface area contributed by atoms with Crippen molar-refractivity contribution >= 4 is 17.7 Å². The van der Waals surface area contributed by atoms with E-state index in [1.54, 1.807) is 14.2 Å². The molecule has 2 aromatic carbocycles. The monoisotopic (exact) mass is 529 g/mol. The number of Topliss-reactive ketones (excluding diaryl/α,β-unsaturated/α-hetero) is 1. The van der Waals surface area contributed by atoms with Gasteiger partial charge in [-0.3, -0.25) is 9.59 Å². The van der Waals surface area contributed by atoms with Gasteiger partial charge in [0.25, 0.3) is 11.7 Å². The summed E-state index contributed by atoms with van der Waals surface area (Å²) in [5.41, 5.74) is 1.02. The van der Waals surface area contributed by atoms with E-state index >= 15 is 0 Å². The van der Waals surface area contributed by atoms with E-state index in [2.05, 4.69) is 0 Å². The molecular formula is C28H35NO9. The smallest absolute Gasteiger partial charge is 0.328 e. The van der Waals surface area contributed by atoms with Crippen molar-refractivity contribution < 1.29 is 42.8 Å². The van der Waals surface area contributed by atoms with Gasteiger partial charge in [0.1, 0.15) is 17.5 Å². The van der Waals surface area contributed by atoms with E-state index in [-0.39, 0.29) is 30.2 Å². The van der Waals surface area contributed by atoms with Crippen LogP contribution in [-0.2, 0) is 20.7 Å². The minimum Gasteiger partial charge on any atom is -0.497 e. The van der Waals surface area contributed by atoms with Gasteiger partial charge in [0.2, 0.25) is 5.75 Å². The molecule has 0 radical (unpaired) electrons. The van der Waals surface area contributed by atoms with Crippen molar-refractivity contribution in [3.05, 3.63) is 41.5 Å². The summed E-state index contributed by atoms with van der Waals surface area (Å²) in [6, 6.07) is 7.55. The number of likely N-dealkylation sites (tertiary alicyclic amines) is 1. The van der Waals surface area contributed by atoms with Crippen molar-refractivity contribution in [3.63, 3.8) is 0 Å². The van der Waals surface area contributed by atoms with Crippen LogP contribution in [0.1, 0.15) is 41.6 Å². The van der Waals surface area contributed by atoms with Crippen molar-refractivity contribution in [1.29, 1.82) is 0 Å². The second-order valence-electron chi connectivity index (χ2n) is 8.70. The molecule has 0 N–H and O–H groups in total. The van der Waals surface area contributed by atoms with Gasteiger partial charge in [-0.2, -0.15) is 0 Å². The zero-order valence-corrected chi connectivity index (χ0v) is 22.5. The van der Waals surface area contributed by atoms with Crippen LogP contribution in [0.15, 0.2) is 30.3 Å². The number of aryl methyl sites for hydroxylation is 1. The number of carbonyl (C=O) groups is 3. The molecule has 1 atom stereocenters. The summed E-state index contributed by atoms with van der Waals surface area (Å²) in [5, 5.41) is 0. The maximum absolute atomic E-state index is 13.2. The quantitative estimate of drug-likeness (QED) is 0.177. The van der Waals surface area contributed by atoms with E-state index in [1.165, 1.54) is 38.4 Å². The number of esters is 1. The molecule has 0 aliphatic carbocycles. The molecule has 0 saturated carbocycles. The van der Waals surface area contributed by atoms with E-state index in [4.69, 9.17) is 28.4 Å². The predicted octanol–water partition coefficient (Wildman–Crippen LogP) is 3.47. The van der Waals surface area contributed by atoms with Crippen LogP contribution in [0.5, 0.6) is 28.7 Å². The Morgan fingerprint density at radius 1 is 0.842 bits per heavy atom. The number of hydrogen-bond donors (Lipinski definition) is 0. The summed E-state index contributed by atoms with van der Waals surface area (Å²) >= 11 is 0. The normalized spacial score (nSPS) is 14.9. The van der Waals surface area contributed by atoms with Crippen molar-refractivity contribution in [2.45, 2.75) is 38.1 Å². The summed E-state index contributed by atoms with van der Waals surface area (Å²) < 4.78 is 32.1. The van der Waals surface area contributed by atoms with E-state index in [9.17, 15) is 14.4 Å². The Bertz CT molecular complexity index is 1120. The summed E-state index contributed by atoms with van der Waals surface area (Å²) in [6.07, 6.45) is 3.04. The fourth-order valence-corrected chi connectivity index (χ4v) is 4.49. The van der Waals surface area contributed by atoms with Crippen LogP contribution >= 0.6 is 0 Å². The number of methoxy groups -OCH3 is 5. The highest BCUT2D eigenvalue weighted by atomic mass is 16.5. The Hall–Kier alpha value is -3.95. The number of ether oxygens (including phenoxy) is 6. The summed E-state index contributed by atoms with van der Waals surface area (Å²) in [4.78, 5) is 40.7. The molecule has 0 aromatic heterocycles. The van der Waals surface area contributed by atoms with Crippen LogP contribution in [0.25, 0.3) is 0 Å². The van der Waals surface area contributed by atoms with Crippen molar-refractivity contribution in [3.8, 4) is 28.7 Å². The van der Waals surface area contributed by atoms with E-state index in [1.807, 2.05) is 18.2 Å². The lowest BCUT2D eigenvalue weighted by atomic mass is 10.00. The highest BCUT2D eigenvalue weighted by Crippen LogP contribution is 2.38. The first-order chi connectivity index (χ1) is 18.4. The molecule has 1 saturated heterocycles. The molecule has 2 aromatic rings. The number of amides is 1. The van der Waals surface area contributed by atoms with E-state index in [0.29, 0.717) is 37.2 Å². The topological polar surface area (TPSA) is 110 Å². The lowest BCUT2D eigenvalue weighted by Crippen LogP contribution is -2.51. The zero-order chi connectivity index (χ0) is 27.7. The maximum atomic E-state index is 13.2. The first-order valence-electron chi connectivity index (χ1n) is 12.4. The Labute approximate surface area is 222 Å². The van der Waals surface area contributed by atoms with Gasteiger partial charge in [-0.25, -0.2) is 4.79 Å². The predicted molar refractivity (Wildman–Crippen MR) is 139 cm³/mol. The number of carbonyl (C=O) groups excluding carboxylic acids is 3. The molecule has 1 amide bonds. The number of ketones is 1. The first-order valence-corrected chi connectivity index (χ1v) is 12.4. The lowest BCUT2D eigenvalue weighted by Gasteiger charge is -2.33. The largest absolute Gasteiger partial charge is 0.497 e. The highest BCUT2D eigenvalue weighted by molar-refractivity contribution is 6.43. The first kappa shape index (κ1) is 28.6. The number of rotatable bonds is 12. The fraction of sp³-hybridized carbons (Fsp3) is 0.464. The molecule has 0 unspecified atom stereocenters. The lowest BCUT2D eigenvalue weighted by molar-refractivity contribution is -0.155. The zero-order valence-electron chi connectivity index (χ0n) is 22.5. The average molecular weight is 530 g/mol. The highest BCUT2D eigenvalue weighted by Gasteiger charge is 2.37. The molecule has 206 valence electrons. The standard InChI is InChI=1S/C28H35NO9/c1-33-20-11-12-22(34-2)18(15-20)9-8-14-38-28(32)21-10-6-7-13-29(21)27(31)25(30)19-16-23(35-3)26(37-5)24(17-19)36-4/h11-12,15-17,21H,6-10,13-14H2,1-5H3/t21-/m0/s1. The number of nitrogens with zero attached hydrogens (tertiary/aromatic N) is 1. The molecule has 0 bridgehead atoms. The molecule has 0 spiro atoms. The van der Waals surface area contributed by atoms with Gasteiger partial charge in [0, 0.05) is 12.1 Å². The minimum atomic E-state index is -0.825. The fourth-order valence-electron chi connectivity index (χ4n) is 4.49. The van der Waals surface area contributed by atoms with Crippen molar-refractivity contribution in [1.82, 2.24) is 4.90 Å². The summed E-state index contributed by atoms with van der Waals surface area (Å²) in [6.45, 7) is 0.453. The van der Waals surface area contributed by atoms with Crippen LogP contribution in [0.4, 0.5) is 0 Å². The van der Waals surface area contributed by atoms with Gasteiger partial charge in [-0.15, -0.1) is 0 Å². The van der Waals surface area contributed by atoms with Gasteiger partial charge in [0.05, 0.1) is 42.2 Å². The Balaban J connectivity index is 1.66. The van der Waals surface area contributed by atoms with Crippen LogP contribution in [0, 0.1) is 0 Å². The maximum Gasteiger partial charge on any atom is 0.328 e. The van der Waals surface area contributed by atoms with Crippen LogP contribution in [0.3, 0.4) is 0 Å². The Morgan fingerprint density at radius 2 is 1.53 bits per heavy atom. The Morgan fingerprint density at radius 3 is 2.13 bits per heavy atom. The second-order valence-corrected chi connectivity index (χ2v) is 8.70. The SMILES string of the molecule is COc1ccc(OC)c(CCCOC(=O)[C@@H]2CCCCN2C(=O)C(=O)c2cc(OC)c(OC)c(OC)c2)c1. The summed E-state index contributed by atoms with van der Waals surface area (Å²) in [5.74, 6) is 0.197. The minimum absolute atomic E-state index is 0.0782. The van der Waals surface area contributed by atoms with Crippen LogP contribution < -0.4 is 23.7 Å². The molecule has 10 nitrogen and oxygen atoms in total. The molecular weight excluding hydrogens is 494 g/mol. The third kappa shape index (κ3) is 6.48. The van der Waals surface area contributed by atoms with Crippen molar-refractivity contribution in [2.75, 3.05) is 48.7 Å². The van der Waals surface area contributed by atoms with Gasteiger partial charge in [-0.05, 0) is 68.0 Å². The van der Waals surface area contributed by atoms with Gasteiger partial charge >= 0.3 is 5.97 Å². The van der Waals surface area contributed by atoms with Crippen LogP contribution in [-0.4, -0.2) is 77.3 Å². The Kier molecular flexibility index (Phi) is 10.2. The van der Waals surface area contributed by atoms with Gasteiger partial charge in [-0.1, -0.05) is 0 Å². The van der Waals surface area contributed by atoms with Crippen LogP contribution in [0.2, 0.25) is 0 Å². The van der Waals surface area contributed by atoms with Gasteiger partial charge < -0.3 is 33.3 Å². The molecule has 3 rings (SSSR count). The molecule has 1 fully saturated rings. The van der Waals surface area contributed by atoms with E-state index in [0.717, 1.165) is 17.7 Å². The molecule has 1 heterocycles. The van der Waals surface area contributed by atoms with E-state index < -0.39 is 23.7 Å². The average Bonchev–Trinajstić information content (AvgIpc) is 2.97. The third-order valence-corrected chi connectivity index (χ3v) is 6.48. The third-order valence-electron chi connectivity index (χ3n) is 6.48. The number of benzene rings is 2. The molecule has 1 aliphatic heterocycles. The number of piperidine rings is 1. The molecule has 38 heavy (non-hydrogen) atoms. The summed E-state index contributed by atoms with van der Waals surface area (Å²) in [7, 11) is 7.49. The second kappa shape index (κ2) is 13.6. The molecule has 10 heteroatoms. The number of hydrogen-bond acceptors (Lipinski definition) is 9. The van der Waals surface area contributed by atoms with Gasteiger partial charge in [0.15, 0.2) is 11.5 Å².